The van der Waals surface area contributed by atoms with Crippen molar-refractivity contribution in [2.24, 2.45) is 0 Å². The molecule has 4 nitrogen and oxygen atoms in total. The highest BCUT2D eigenvalue weighted by atomic mass is 79.9. The van der Waals surface area contributed by atoms with Crippen LogP contribution in [0.15, 0.2) is 40.9 Å². The fraction of sp³-hybridized carbons (Fsp3) is 0.0714. The third-order valence-electron chi connectivity index (χ3n) is 2.67. The van der Waals surface area contributed by atoms with Gasteiger partial charge in [-0.2, -0.15) is 0 Å². The molecule has 3 N–H and O–H groups in total. The zero-order valence-electron chi connectivity index (χ0n) is 10.6. The third kappa shape index (κ3) is 3.08. The summed E-state index contributed by atoms with van der Waals surface area (Å²) in [6, 6.07) is 8.82. The topological polar surface area (TPSA) is 64.3 Å². The minimum absolute atomic E-state index is 0.244. The number of anilines is 2. The number of carbonyl (C=O) groups is 1. The first kappa shape index (κ1) is 14.3. The molecule has 6 heteroatoms. The van der Waals surface area contributed by atoms with Crippen molar-refractivity contribution in [1.29, 1.82) is 0 Å². The highest BCUT2D eigenvalue weighted by molar-refractivity contribution is 9.10. The number of carbonyl (C=O) groups excluding carboxylic acids is 1. The number of hydrogen-bond donors (Lipinski definition) is 2. The number of ether oxygens (including phenoxy) is 1. The molecule has 2 aromatic rings. The van der Waals surface area contributed by atoms with E-state index in [1.807, 2.05) is 0 Å². The SMILES string of the molecule is COc1cc(F)ccc1NC(=O)c1ccc(Br)cc1N. The highest BCUT2D eigenvalue weighted by Crippen LogP contribution is 2.26. The van der Waals surface area contributed by atoms with Crippen LogP contribution in [0.25, 0.3) is 0 Å². The largest absolute Gasteiger partial charge is 0.494 e. The van der Waals surface area contributed by atoms with Crippen LogP contribution in [0.5, 0.6) is 5.75 Å². The van der Waals surface area contributed by atoms with Crippen molar-refractivity contribution in [1.82, 2.24) is 0 Å². The second kappa shape index (κ2) is 5.92. The van der Waals surface area contributed by atoms with Gasteiger partial charge < -0.3 is 15.8 Å². The monoisotopic (exact) mass is 338 g/mol. The van der Waals surface area contributed by atoms with Gasteiger partial charge in [0.15, 0.2) is 0 Å². The molecule has 0 aromatic heterocycles. The van der Waals surface area contributed by atoms with Crippen LogP contribution in [0, 0.1) is 5.82 Å². The fourth-order valence-corrected chi connectivity index (χ4v) is 2.08. The van der Waals surface area contributed by atoms with E-state index in [1.54, 1.807) is 18.2 Å². The van der Waals surface area contributed by atoms with Crippen molar-refractivity contribution in [2.75, 3.05) is 18.2 Å². The van der Waals surface area contributed by atoms with Crippen LogP contribution in [0.1, 0.15) is 10.4 Å². The van der Waals surface area contributed by atoms with Crippen molar-refractivity contribution in [3.63, 3.8) is 0 Å². The lowest BCUT2D eigenvalue weighted by molar-refractivity contribution is 0.102. The average molecular weight is 339 g/mol. The zero-order valence-corrected chi connectivity index (χ0v) is 12.2. The van der Waals surface area contributed by atoms with Gasteiger partial charge in [-0.05, 0) is 30.3 Å². The summed E-state index contributed by atoms with van der Waals surface area (Å²) in [6.07, 6.45) is 0. The Kier molecular flexibility index (Phi) is 4.24. The second-order valence-electron chi connectivity index (χ2n) is 4.03. The normalized spacial score (nSPS) is 10.2. The minimum Gasteiger partial charge on any atom is -0.494 e. The lowest BCUT2D eigenvalue weighted by atomic mass is 10.1. The molecule has 0 aliphatic rings. The van der Waals surface area contributed by atoms with Crippen molar-refractivity contribution in [3.8, 4) is 5.75 Å². The van der Waals surface area contributed by atoms with E-state index < -0.39 is 5.82 Å². The second-order valence-corrected chi connectivity index (χ2v) is 4.95. The molecule has 0 saturated carbocycles. The fourth-order valence-electron chi connectivity index (χ4n) is 1.70. The van der Waals surface area contributed by atoms with E-state index in [-0.39, 0.29) is 11.7 Å². The van der Waals surface area contributed by atoms with Crippen LogP contribution in [0.2, 0.25) is 0 Å². The molecule has 0 spiro atoms. The number of halogens is 2. The van der Waals surface area contributed by atoms with Gasteiger partial charge in [-0.15, -0.1) is 0 Å². The van der Waals surface area contributed by atoms with Crippen LogP contribution >= 0.6 is 15.9 Å². The van der Waals surface area contributed by atoms with E-state index in [0.717, 1.165) is 4.47 Å². The Labute approximate surface area is 123 Å². The number of nitrogen functional groups attached to an aromatic ring is 1. The Morgan fingerprint density at radius 1 is 1.30 bits per heavy atom. The summed E-state index contributed by atoms with van der Waals surface area (Å²) in [7, 11) is 1.40. The summed E-state index contributed by atoms with van der Waals surface area (Å²) in [5.74, 6) is -0.586. The average Bonchev–Trinajstić information content (AvgIpc) is 2.40. The number of methoxy groups -OCH3 is 1. The number of nitrogens with one attached hydrogen (secondary N) is 1. The van der Waals surface area contributed by atoms with Crippen molar-refractivity contribution < 1.29 is 13.9 Å². The standard InChI is InChI=1S/C14H12BrFN2O2/c1-20-13-7-9(16)3-5-12(13)18-14(19)10-4-2-8(15)6-11(10)17/h2-7H,17H2,1H3,(H,18,19). The smallest absolute Gasteiger partial charge is 0.257 e. The predicted molar refractivity (Wildman–Crippen MR) is 79.5 cm³/mol. The molecule has 0 bridgehead atoms. The molecule has 1 amide bonds. The molecule has 0 saturated heterocycles. The lowest BCUT2D eigenvalue weighted by Gasteiger charge is -2.11. The Hall–Kier alpha value is -2.08. The zero-order chi connectivity index (χ0) is 14.7. The number of hydrogen-bond acceptors (Lipinski definition) is 3. The molecular formula is C14H12BrFN2O2. The first-order chi connectivity index (χ1) is 9.51. The van der Waals surface area contributed by atoms with Gasteiger partial charge in [-0.1, -0.05) is 15.9 Å². The van der Waals surface area contributed by atoms with Gasteiger partial charge in [0.25, 0.3) is 5.91 Å². The summed E-state index contributed by atoms with van der Waals surface area (Å²) in [6.45, 7) is 0. The van der Waals surface area contributed by atoms with Crippen LogP contribution in [-0.4, -0.2) is 13.0 Å². The molecule has 104 valence electrons. The maximum atomic E-state index is 13.1. The first-order valence-corrected chi connectivity index (χ1v) is 6.50. The lowest BCUT2D eigenvalue weighted by Crippen LogP contribution is -2.14. The van der Waals surface area contributed by atoms with Gasteiger partial charge in [0.1, 0.15) is 11.6 Å². The van der Waals surface area contributed by atoms with Crippen LogP contribution in [0.4, 0.5) is 15.8 Å². The maximum Gasteiger partial charge on any atom is 0.257 e. The first-order valence-electron chi connectivity index (χ1n) is 5.71. The molecule has 0 aliphatic carbocycles. The summed E-state index contributed by atoms with van der Waals surface area (Å²) < 4.78 is 18.9. The van der Waals surface area contributed by atoms with Crippen molar-refractivity contribution in [3.05, 3.63) is 52.3 Å². The third-order valence-corrected chi connectivity index (χ3v) is 3.16. The van der Waals surface area contributed by atoms with Gasteiger partial charge in [-0.3, -0.25) is 4.79 Å². The minimum atomic E-state index is -0.442. The maximum absolute atomic E-state index is 13.1. The molecule has 0 radical (unpaired) electrons. The van der Waals surface area contributed by atoms with Gasteiger partial charge in [0, 0.05) is 16.2 Å². The van der Waals surface area contributed by atoms with Crippen molar-refractivity contribution >= 4 is 33.2 Å². The molecule has 2 rings (SSSR count). The van der Waals surface area contributed by atoms with E-state index in [1.165, 1.54) is 25.3 Å². The Bertz CT molecular complexity index is 662. The summed E-state index contributed by atoms with van der Waals surface area (Å²) in [4.78, 5) is 12.1. The number of nitrogens with two attached hydrogens (primary N) is 1. The van der Waals surface area contributed by atoms with Gasteiger partial charge in [-0.25, -0.2) is 4.39 Å². The molecule has 2 aromatic carbocycles. The summed E-state index contributed by atoms with van der Waals surface area (Å²) >= 11 is 3.27. The molecule has 20 heavy (non-hydrogen) atoms. The Balaban J connectivity index is 2.28. The van der Waals surface area contributed by atoms with Gasteiger partial charge in [0.2, 0.25) is 0 Å². The number of benzene rings is 2. The molecule has 0 heterocycles. The van der Waals surface area contributed by atoms with Crippen LogP contribution in [0.3, 0.4) is 0 Å². The van der Waals surface area contributed by atoms with Crippen molar-refractivity contribution in [2.45, 2.75) is 0 Å². The molecular weight excluding hydrogens is 327 g/mol. The molecule has 0 fully saturated rings. The van der Waals surface area contributed by atoms with E-state index in [9.17, 15) is 9.18 Å². The molecule has 0 aliphatic heterocycles. The Morgan fingerprint density at radius 3 is 2.70 bits per heavy atom. The summed E-state index contributed by atoms with van der Waals surface area (Å²) in [5, 5.41) is 2.64. The van der Waals surface area contributed by atoms with E-state index in [2.05, 4.69) is 21.2 Å². The number of amides is 1. The quantitative estimate of drug-likeness (QED) is 0.842. The predicted octanol–water partition coefficient (Wildman–Crippen LogP) is 3.43. The number of rotatable bonds is 3. The van der Waals surface area contributed by atoms with Gasteiger partial charge in [0.05, 0.1) is 18.4 Å². The van der Waals surface area contributed by atoms with E-state index >= 15 is 0 Å². The Morgan fingerprint density at radius 2 is 2.05 bits per heavy atom. The van der Waals surface area contributed by atoms with Crippen LogP contribution in [-0.2, 0) is 0 Å². The summed E-state index contributed by atoms with van der Waals surface area (Å²) in [5.41, 5.74) is 6.84. The molecule has 0 atom stereocenters. The van der Waals surface area contributed by atoms with Crippen LogP contribution < -0.4 is 15.8 Å². The highest BCUT2D eigenvalue weighted by Gasteiger charge is 2.13. The van der Waals surface area contributed by atoms with E-state index in [0.29, 0.717) is 16.9 Å². The molecule has 0 unspecified atom stereocenters. The van der Waals surface area contributed by atoms with E-state index in [4.69, 9.17) is 10.5 Å². The van der Waals surface area contributed by atoms with Gasteiger partial charge >= 0.3 is 0 Å².